The van der Waals surface area contributed by atoms with Crippen molar-refractivity contribution in [3.8, 4) is 11.5 Å². The summed E-state index contributed by atoms with van der Waals surface area (Å²) in [4.78, 5) is 53.4. The van der Waals surface area contributed by atoms with Gasteiger partial charge < -0.3 is 9.84 Å². The summed E-state index contributed by atoms with van der Waals surface area (Å²) in [5.74, 6) is -5.25. The average Bonchev–Trinajstić information content (AvgIpc) is 3.28. The number of fused-ring (bicyclic) bond motifs is 4. The molecule has 0 bridgehead atoms. The van der Waals surface area contributed by atoms with E-state index in [1.165, 1.54) is 19.1 Å². The van der Waals surface area contributed by atoms with E-state index in [0.29, 0.717) is 21.3 Å². The monoisotopic (exact) mass is 836 g/mol. The topological polar surface area (TPSA) is 104 Å². The van der Waals surface area contributed by atoms with E-state index >= 15 is 0 Å². The number of imide groups is 2. The van der Waals surface area contributed by atoms with Crippen LogP contribution in [0.5, 0.6) is 11.5 Å². The lowest BCUT2D eigenvalue weighted by Crippen LogP contribution is -2.60. The molecule has 2 saturated heterocycles. The van der Waals surface area contributed by atoms with Gasteiger partial charge in [-0.25, -0.2) is 0 Å². The number of aromatic hydroxyl groups is 1. The zero-order chi connectivity index (χ0) is 29.8. The maximum atomic E-state index is 14.1. The van der Waals surface area contributed by atoms with E-state index in [0.717, 1.165) is 8.47 Å². The Kier molecular flexibility index (Phi) is 7.12. The van der Waals surface area contributed by atoms with Crippen LogP contribution < -0.4 is 9.64 Å². The molecule has 6 rings (SSSR count). The molecule has 8 nitrogen and oxygen atoms in total. The molecule has 41 heavy (non-hydrogen) atoms. The maximum absolute atomic E-state index is 14.1. The predicted octanol–water partition coefficient (Wildman–Crippen LogP) is 5.72. The number of ether oxygens (including phenoxy) is 1. The third-order valence-corrected chi connectivity index (χ3v) is 13.1. The minimum atomic E-state index is -1.96. The van der Waals surface area contributed by atoms with Gasteiger partial charge >= 0.3 is 0 Å². The number of rotatable bonds is 3. The van der Waals surface area contributed by atoms with Gasteiger partial charge in [0.2, 0.25) is 11.8 Å². The number of amides is 4. The molecule has 2 aliphatic heterocycles. The fourth-order valence-corrected chi connectivity index (χ4v) is 9.24. The summed E-state index contributed by atoms with van der Waals surface area (Å²) in [5.41, 5.74) is 1.54. The van der Waals surface area contributed by atoms with Gasteiger partial charge in [-0.15, -0.1) is 23.2 Å². The van der Waals surface area contributed by atoms with Crippen LogP contribution >= 0.6 is 77.7 Å². The van der Waals surface area contributed by atoms with E-state index in [9.17, 15) is 24.3 Å². The molecule has 0 spiro atoms. The Labute approximate surface area is 275 Å². The number of allylic oxidation sites excluding steroid dienone is 2. The standard InChI is InChI=1S/C28H21Br2Cl2IN2O6/c1-34-25(39)27(31)10-16-13(7-8-14-18(16)24(38)35(23(14)37)12-5-3-11(33)4-6-12)19(28(27,32)26(34)40)15-9-17(41-2)22(36)21(30)20(15)29/h3-7,9,14,16,18-19,36H,8,10H2,1-2H3/t14-,16+,18-,19+,27+,28-/m0/s1. The van der Waals surface area contributed by atoms with Crippen molar-refractivity contribution < 1.29 is 29.0 Å². The second-order valence-corrected chi connectivity index (χ2v) is 14.7. The van der Waals surface area contributed by atoms with Gasteiger partial charge in [0, 0.05) is 21.0 Å². The number of phenolic OH excluding ortho intramolecular Hbond substituents is 1. The first-order chi connectivity index (χ1) is 19.3. The molecular formula is C28H21Br2Cl2IN2O6. The van der Waals surface area contributed by atoms with Crippen LogP contribution in [0.3, 0.4) is 0 Å². The van der Waals surface area contributed by atoms with Gasteiger partial charge in [-0.2, -0.15) is 0 Å². The Morgan fingerprint density at radius 2 is 1.68 bits per heavy atom. The first-order valence-electron chi connectivity index (χ1n) is 12.6. The lowest BCUT2D eigenvalue weighted by molar-refractivity contribution is -0.138. The molecule has 0 aromatic heterocycles. The van der Waals surface area contributed by atoms with Gasteiger partial charge in [-0.3, -0.25) is 29.0 Å². The Morgan fingerprint density at radius 3 is 2.32 bits per heavy atom. The number of alkyl halides is 2. The van der Waals surface area contributed by atoms with E-state index in [2.05, 4.69) is 54.5 Å². The summed E-state index contributed by atoms with van der Waals surface area (Å²) < 4.78 is 6.99. The second kappa shape index (κ2) is 9.93. The van der Waals surface area contributed by atoms with Gasteiger partial charge in [0.15, 0.2) is 21.2 Å². The molecule has 2 aromatic carbocycles. The highest BCUT2D eigenvalue weighted by Crippen LogP contribution is 2.66. The highest BCUT2D eigenvalue weighted by Gasteiger charge is 2.76. The minimum absolute atomic E-state index is 0.106. The summed E-state index contributed by atoms with van der Waals surface area (Å²) in [5, 5.41) is 10.6. The fraction of sp³-hybridized carbons (Fsp3) is 0.357. The molecule has 2 heterocycles. The van der Waals surface area contributed by atoms with Crippen molar-refractivity contribution in [2.24, 2.45) is 17.8 Å². The summed E-state index contributed by atoms with van der Waals surface area (Å²) >= 11 is 23.5. The number of carbonyl (C=O) groups is 4. The number of likely N-dealkylation sites (tertiary alicyclic amines) is 1. The van der Waals surface area contributed by atoms with Crippen molar-refractivity contribution in [2.75, 3.05) is 19.1 Å². The highest BCUT2D eigenvalue weighted by atomic mass is 127. The molecule has 13 heteroatoms. The molecule has 6 atom stereocenters. The average molecular weight is 839 g/mol. The van der Waals surface area contributed by atoms with E-state index in [1.54, 1.807) is 18.2 Å². The summed E-state index contributed by atoms with van der Waals surface area (Å²) in [6.07, 6.45) is 1.99. The minimum Gasteiger partial charge on any atom is -0.503 e. The molecule has 2 aromatic rings. The largest absolute Gasteiger partial charge is 0.503 e. The highest BCUT2D eigenvalue weighted by molar-refractivity contribution is 14.1. The van der Waals surface area contributed by atoms with Crippen LogP contribution in [0.15, 0.2) is 50.9 Å². The molecular weight excluding hydrogens is 818 g/mol. The first-order valence-corrected chi connectivity index (χ1v) is 16.0. The molecule has 1 N–H and O–H groups in total. The number of hydrogen-bond donors (Lipinski definition) is 1. The van der Waals surface area contributed by atoms with Crippen LogP contribution in [0.25, 0.3) is 0 Å². The lowest BCUT2D eigenvalue weighted by atomic mass is 9.56. The number of hydrogen-bond acceptors (Lipinski definition) is 6. The maximum Gasteiger partial charge on any atom is 0.253 e. The van der Waals surface area contributed by atoms with Crippen molar-refractivity contribution in [3.63, 3.8) is 0 Å². The zero-order valence-corrected chi connectivity index (χ0v) is 28.3. The lowest BCUT2D eigenvalue weighted by Gasteiger charge is -2.51. The van der Waals surface area contributed by atoms with Crippen molar-refractivity contribution in [2.45, 2.75) is 28.5 Å². The first kappa shape index (κ1) is 29.4. The molecule has 2 aliphatic carbocycles. The van der Waals surface area contributed by atoms with Gasteiger partial charge in [0.25, 0.3) is 11.8 Å². The SMILES string of the molecule is COc1cc([C@H]2C3=CC[C@@H]4C(=O)N(c5ccc(I)cc5)C(=O)[C@@H]4[C@@H]3C[C@@]3(Cl)C(=O)N(C)C(=O)[C@@]23Cl)c(Br)c(Br)c1O. The van der Waals surface area contributed by atoms with Crippen LogP contribution in [0.4, 0.5) is 5.69 Å². The molecule has 0 unspecified atom stereocenters. The summed E-state index contributed by atoms with van der Waals surface area (Å²) in [6.45, 7) is 0. The molecule has 0 radical (unpaired) electrons. The molecule has 214 valence electrons. The van der Waals surface area contributed by atoms with Crippen LogP contribution in [0.1, 0.15) is 24.3 Å². The molecule has 1 saturated carbocycles. The smallest absolute Gasteiger partial charge is 0.253 e. The molecule has 4 aliphatic rings. The van der Waals surface area contributed by atoms with Crippen LogP contribution in [-0.2, 0) is 19.2 Å². The number of nitrogens with zero attached hydrogens (tertiary/aromatic N) is 2. The Hall–Kier alpha value is -1.67. The van der Waals surface area contributed by atoms with Crippen molar-refractivity contribution in [1.29, 1.82) is 0 Å². The van der Waals surface area contributed by atoms with Crippen LogP contribution in [0.2, 0.25) is 0 Å². The molecule has 3 fully saturated rings. The van der Waals surface area contributed by atoms with Crippen molar-refractivity contribution >= 4 is 107 Å². The Bertz CT molecular complexity index is 1600. The van der Waals surface area contributed by atoms with Gasteiger partial charge in [0.1, 0.15) is 0 Å². The number of phenols is 1. The van der Waals surface area contributed by atoms with Crippen molar-refractivity contribution in [1.82, 2.24) is 4.90 Å². The van der Waals surface area contributed by atoms with Crippen molar-refractivity contribution in [3.05, 3.63) is 60.1 Å². The summed E-state index contributed by atoms with van der Waals surface area (Å²) in [6, 6.07) is 8.64. The third-order valence-electron chi connectivity index (χ3n) is 8.80. The predicted molar refractivity (Wildman–Crippen MR) is 167 cm³/mol. The molecule has 4 amide bonds. The summed E-state index contributed by atoms with van der Waals surface area (Å²) in [7, 11) is 2.72. The van der Waals surface area contributed by atoms with E-state index in [4.69, 9.17) is 27.9 Å². The number of halogens is 5. The van der Waals surface area contributed by atoms with Gasteiger partial charge in [-0.05, 0) is 109 Å². The van der Waals surface area contributed by atoms with E-state index in [-0.39, 0.29) is 40.6 Å². The number of anilines is 1. The zero-order valence-electron chi connectivity index (χ0n) is 21.5. The normalized spacial score (nSPS) is 32.6. The van der Waals surface area contributed by atoms with Crippen LogP contribution in [0, 0.1) is 21.3 Å². The van der Waals surface area contributed by atoms with E-state index in [1.807, 2.05) is 18.2 Å². The Morgan fingerprint density at radius 1 is 1.02 bits per heavy atom. The Balaban J connectivity index is 1.56. The third kappa shape index (κ3) is 3.80. The quantitative estimate of drug-likeness (QED) is 0.184. The number of benzene rings is 2. The number of methoxy groups -OCH3 is 1. The van der Waals surface area contributed by atoms with Crippen LogP contribution in [-0.4, -0.2) is 57.5 Å². The van der Waals surface area contributed by atoms with Gasteiger partial charge in [0.05, 0.1) is 29.1 Å². The number of carbonyl (C=O) groups excluding carboxylic acids is 4. The van der Waals surface area contributed by atoms with Gasteiger partial charge in [-0.1, -0.05) is 11.6 Å². The second-order valence-electron chi connectivity index (χ2n) is 10.6. The van der Waals surface area contributed by atoms with E-state index < -0.39 is 45.2 Å². The fourth-order valence-electron chi connectivity index (χ4n) is 6.91.